The summed E-state index contributed by atoms with van der Waals surface area (Å²) in [6.45, 7) is 0.354. The van der Waals surface area contributed by atoms with Crippen LogP contribution in [0.1, 0.15) is 10.6 Å². The van der Waals surface area contributed by atoms with Gasteiger partial charge >= 0.3 is 0 Å². The first-order chi connectivity index (χ1) is 7.81. The van der Waals surface area contributed by atoms with Gasteiger partial charge < -0.3 is 4.74 Å². The molecule has 0 aliphatic heterocycles. The van der Waals surface area contributed by atoms with E-state index in [0.29, 0.717) is 22.9 Å². The van der Waals surface area contributed by atoms with Crippen molar-refractivity contribution in [2.45, 2.75) is 6.61 Å². The van der Waals surface area contributed by atoms with Gasteiger partial charge in [0, 0.05) is 11.6 Å². The maximum Gasteiger partial charge on any atom is 0.140 e. The molecular weight excluding hydrogens is 244 g/mol. The number of ether oxygens (including phenoxy) is 1. The van der Waals surface area contributed by atoms with E-state index in [1.807, 2.05) is 11.4 Å². The highest BCUT2D eigenvalue weighted by Crippen LogP contribution is 2.26. The van der Waals surface area contributed by atoms with Crippen LogP contribution in [0.2, 0.25) is 5.02 Å². The van der Waals surface area contributed by atoms with E-state index in [4.69, 9.17) is 21.6 Å². The van der Waals surface area contributed by atoms with E-state index in [-0.39, 0.29) is 0 Å². The zero-order valence-corrected chi connectivity index (χ0v) is 9.76. The number of nitriles is 1. The number of nitrogens with zero attached hydrogens (tertiary/aromatic N) is 2. The Balaban J connectivity index is 2.16. The van der Waals surface area contributed by atoms with Crippen molar-refractivity contribution in [2.24, 2.45) is 0 Å². The van der Waals surface area contributed by atoms with Gasteiger partial charge in [0.15, 0.2) is 0 Å². The van der Waals surface area contributed by atoms with Gasteiger partial charge in [-0.05, 0) is 12.1 Å². The molecular formula is C11H7ClN2OS. The van der Waals surface area contributed by atoms with Gasteiger partial charge in [-0.3, -0.25) is 0 Å². The second kappa shape index (κ2) is 4.97. The molecule has 80 valence electrons. The number of benzene rings is 1. The van der Waals surface area contributed by atoms with Gasteiger partial charge in [-0.2, -0.15) is 5.26 Å². The number of thiazole rings is 1. The van der Waals surface area contributed by atoms with Crippen LogP contribution in [0.25, 0.3) is 0 Å². The Morgan fingerprint density at radius 2 is 2.38 bits per heavy atom. The lowest BCUT2D eigenvalue weighted by Crippen LogP contribution is -1.96. The second-order valence-electron chi connectivity index (χ2n) is 2.94. The Labute approximate surface area is 102 Å². The first-order valence-electron chi connectivity index (χ1n) is 4.51. The molecule has 0 aliphatic carbocycles. The minimum Gasteiger partial charge on any atom is -0.485 e. The SMILES string of the molecule is N#Cc1c(Cl)cccc1OCc1nccs1. The zero-order valence-electron chi connectivity index (χ0n) is 8.18. The molecule has 0 saturated carbocycles. The lowest BCUT2D eigenvalue weighted by atomic mass is 10.2. The minimum atomic E-state index is 0.354. The summed E-state index contributed by atoms with van der Waals surface area (Å²) in [6.07, 6.45) is 1.71. The van der Waals surface area contributed by atoms with Gasteiger partial charge in [0.2, 0.25) is 0 Å². The third-order valence-electron chi connectivity index (χ3n) is 1.92. The maximum absolute atomic E-state index is 8.93. The molecule has 0 bridgehead atoms. The van der Waals surface area contributed by atoms with Gasteiger partial charge in [-0.15, -0.1) is 11.3 Å². The monoisotopic (exact) mass is 250 g/mol. The zero-order chi connectivity index (χ0) is 11.4. The van der Waals surface area contributed by atoms with Crippen LogP contribution >= 0.6 is 22.9 Å². The van der Waals surface area contributed by atoms with Gasteiger partial charge in [-0.25, -0.2) is 4.98 Å². The molecule has 1 heterocycles. The largest absolute Gasteiger partial charge is 0.485 e. The highest BCUT2D eigenvalue weighted by atomic mass is 35.5. The summed E-state index contributed by atoms with van der Waals surface area (Å²) in [5.41, 5.74) is 0.362. The quantitative estimate of drug-likeness (QED) is 0.840. The predicted octanol–water partition coefficient (Wildman–Crippen LogP) is 3.25. The number of aromatic nitrogens is 1. The first kappa shape index (κ1) is 10.9. The third-order valence-corrected chi connectivity index (χ3v) is 2.99. The molecule has 0 saturated heterocycles. The fourth-order valence-corrected chi connectivity index (χ4v) is 1.93. The average Bonchev–Trinajstić information content (AvgIpc) is 2.79. The van der Waals surface area contributed by atoms with E-state index < -0.39 is 0 Å². The van der Waals surface area contributed by atoms with Crippen LogP contribution in [0.15, 0.2) is 29.8 Å². The molecule has 1 aromatic heterocycles. The Bertz CT molecular complexity index is 519. The van der Waals surface area contributed by atoms with Crippen molar-refractivity contribution in [1.29, 1.82) is 5.26 Å². The van der Waals surface area contributed by atoms with E-state index in [0.717, 1.165) is 5.01 Å². The van der Waals surface area contributed by atoms with Crippen LogP contribution in [0, 0.1) is 11.3 Å². The summed E-state index contributed by atoms with van der Waals surface area (Å²) in [7, 11) is 0. The number of hydrogen-bond acceptors (Lipinski definition) is 4. The van der Waals surface area contributed by atoms with E-state index >= 15 is 0 Å². The van der Waals surface area contributed by atoms with E-state index in [9.17, 15) is 0 Å². The second-order valence-corrected chi connectivity index (χ2v) is 4.33. The van der Waals surface area contributed by atoms with Crippen molar-refractivity contribution in [3.63, 3.8) is 0 Å². The highest BCUT2D eigenvalue weighted by molar-refractivity contribution is 7.09. The number of rotatable bonds is 3. The molecule has 0 unspecified atom stereocenters. The standard InChI is InChI=1S/C11H7ClN2OS/c12-9-2-1-3-10(8(9)6-13)15-7-11-14-4-5-16-11/h1-5H,7H2. The van der Waals surface area contributed by atoms with Gasteiger partial charge in [0.25, 0.3) is 0 Å². The molecule has 3 nitrogen and oxygen atoms in total. The summed E-state index contributed by atoms with van der Waals surface area (Å²) >= 11 is 7.38. The Morgan fingerprint density at radius 3 is 3.06 bits per heavy atom. The van der Waals surface area contributed by atoms with Crippen LogP contribution in [-0.4, -0.2) is 4.98 Å². The normalized spacial score (nSPS) is 9.75. The van der Waals surface area contributed by atoms with Crippen molar-refractivity contribution in [1.82, 2.24) is 4.98 Å². The number of halogens is 1. The fourth-order valence-electron chi connectivity index (χ4n) is 1.20. The summed E-state index contributed by atoms with van der Waals surface area (Å²) in [5.74, 6) is 0.491. The molecule has 2 aromatic rings. The molecule has 2 rings (SSSR count). The van der Waals surface area contributed by atoms with Gasteiger partial charge in [-0.1, -0.05) is 17.7 Å². The van der Waals surface area contributed by atoms with Crippen LogP contribution in [-0.2, 0) is 6.61 Å². The molecule has 0 aliphatic rings. The third kappa shape index (κ3) is 2.32. The lowest BCUT2D eigenvalue weighted by Gasteiger charge is -2.06. The smallest absolute Gasteiger partial charge is 0.140 e. The predicted molar refractivity (Wildman–Crippen MR) is 62.6 cm³/mol. The molecule has 0 fully saturated rings. The van der Waals surface area contributed by atoms with E-state index in [1.165, 1.54) is 11.3 Å². The lowest BCUT2D eigenvalue weighted by molar-refractivity contribution is 0.304. The average molecular weight is 251 g/mol. The van der Waals surface area contributed by atoms with Gasteiger partial charge in [0.1, 0.15) is 29.0 Å². The van der Waals surface area contributed by atoms with Crippen molar-refractivity contribution >= 4 is 22.9 Å². The molecule has 0 radical (unpaired) electrons. The Kier molecular flexibility index (Phi) is 3.40. The summed E-state index contributed by atoms with van der Waals surface area (Å²) in [4.78, 5) is 4.09. The molecule has 0 atom stereocenters. The molecule has 1 aromatic carbocycles. The molecule has 0 N–H and O–H groups in total. The molecule has 16 heavy (non-hydrogen) atoms. The Hall–Kier alpha value is -1.57. The van der Waals surface area contributed by atoms with Crippen molar-refractivity contribution in [3.05, 3.63) is 45.4 Å². The Morgan fingerprint density at radius 1 is 1.50 bits per heavy atom. The minimum absolute atomic E-state index is 0.354. The highest BCUT2D eigenvalue weighted by Gasteiger charge is 2.07. The summed E-state index contributed by atoms with van der Waals surface area (Å²) in [6, 6.07) is 7.15. The van der Waals surface area contributed by atoms with Crippen LogP contribution in [0.4, 0.5) is 0 Å². The van der Waals surface area contributed by atoms with Crippen molar-refractivity contribution in [3.8, 4) is 11.8 Å². The topological polar surface area (TPSA) is 45.9 Å². The maximum atomic E-state index is 8.93. The van der Waals surface area contributed by atoms with Crippen LogP contribution in [0.3, 0.4) is 0 Å². The fraction of sp³-hybridized carbons (Fsp3) is 0.0909. The number of hydrogen-bond donors (Lipinski definition) is 0. The van der Waals surface area contributed by atoms with Crippen molar-refractivity contribution < 1.29 is 4.74 Å². The first-order valence-corrected chi connectivity index (χ1v) is 5.77. The van der Waals surface area contributed by atoms with Crippen molar-refractivity contribution in [2.75, 3.05) is 0 Å². The summed E-state index contributed by atoms with van der Waals surface area (Å²) < 4.78 is 5.49. The van der Waals surface area contributed by atoms with E-state index in [2.05, 4.69) is 4.98 Å². The molecule has 0 spiro atoms. The van der Waals surface area contributed by atoms with Crippen LogP contribution in [0.5, 0.6) is 5.75 Å². The summed E-state index contributed by atoms with van der Waals surface area (Å²) in [5, 5.41) is 12.1. The van der Waals surface area contributed by atoms with Crippen LogP contribution < -0.4 is 4.74 Å². The molecule has 5 heteroatoms. The molecule has 0 amide bonds. The van der Waals surface area contributed by atoms with E-state index in [1.54, 1.807) is 24.4 Å². The van der Waals surface area contributed by atoms with Gasteiger partial charge in [0.05, 0.1) is 5.02 Å².